The maximum absolute atomic E-state index is 13.0. The van der Waals surface area contributed by atoms with Crippen LogP contribution in [0, 0.1) is 0 Å². The van der Waals surface area contributed by atoms with Crippen molar-refractivity contribution in [1.82, 2.24) is 4.90 Å². The summed E-state index contributed by atoms with van der Waals surface area (Å²) >= 11 is 6.74. The van der Waals surface area contributed by atoms with Crippen molar-refractivity contribution in [3.8, 4) is 23.0 Å². The maximum Gasteiger partial charge on any atom is 0.336 e. The number of esters is 1. The molecule has 0 saturated carbocycles. The fourth-order valence-electron chi connectivity index (χ4n) is 3.78. The average Bonchev–Trinajstić information content (AvgIpc) is 3.23. The molecule has 0 aliphatic carbocycles. The summed E-state index contributed by atoms with van der Waals surface area (Å²) < 4.78 is 21.7. The first-order valence-electron chi connectivity index (χ1n) is 12.0. The molecule has 0 unspecified atom stereocenters. The number of amides is 1. The van der Waals surface area contributed by atoms with Crippen molar-refractivity contribution in [3.63, 3.8) is 0 Å². The van der Waals surface area contributed by atoms with E-state index in [1.54, 1.807) is 62.6 Å². The van der Waals surface area contributed by atoms with Crippen LogP contribution in [0.25, 0.3) is 12.2 Å². The Bertz CT molecular complexity index is 1410. The zero-order valence-corrected chi connectivity index (χ0v) is 23.3. The second-order valence-corrected chi connectivity index (χ2v) is 10.0. The number of carbonyl (C=O) groups excluding carboxylic acids is 2. The van der Waals surface area contributed by atoms with Gasteiger partial charge in [-0.3, -0.25) is 9.69 Å². The molecule has 7 nitrogen and oxygen atoms in total. The van der Waals surface area contributed by atoms with Gasteiger partial charge in [0, 0.05) is 12.6 Å². The third kappa shape index (κ3) is 7.28. The Kier molecular flexibility index (Phi) is 9.40. The summed E-state index contributed by atoms with van der Waals surface area (Å²) in [7, 11) is 4.78. The number of hydrogen-bond donors (Lipinski definition) is 0. The second kappa shape index (κ2) is 13.1. The fraction of sp³-hybridized carbons (Fsp3) is 0.167. The molecule has 0 atom stereocenters. The lowest BCUT2D eigenvalue weighted by atomic mass is 10.1. The lowest BCUT2D eigenvalue weighted by molar-refractivity contribution is -0.129. The number of thiocarbonyl (C=S) groups is 1. The SMILES string of the molecule is COc1ccc(/C=C/C(=O)Oc2ccc(/C=C3\SC(=S)N(CCc4ccc(OC)c(OC)c4)C3=O)cc2)cc1. The maximum atomic E-state index is 13.0. The molecule has 0 aromatic heterocycles. The molecule has 3 aromatic rings. The minimum atomic E-state index is -0.492. The van der Waals surface area contributed by atoms with Crippen LogP contribution >= 0.6 is 24.0 Å². The van der Waals surface area contributed by atoms with E-state index in [-0.39, 0.29) is 5.91 Å². The Labute approximate surface area is 237 Å². The molecule has 39 heavy (non-hydrogen) atoms. The van der Waals surface area contributed by atoms with Crippen LogP contribution in [0.1, 0.15) is 16.7 Å². The number of methoxy groups -OCH3 is 3. The average molecular weight is 562 g/mol. The Morgan fingerprint density at radius 2 is 1.54 bits per heavy atom. The molecule has 0 radical (unpaired) electrons. The number of carbonyl (C=O) groups is 2. The topological polar surface area (TPSA) is 74.3 Å². The van der Waals surface area contributed by atoms with E-state index in [1.165, 1.54) is 17.8 Å². The van der Waals surface area contributed by atoms with Gasteiger partial charge in [0.05, 0.1) is 26.2 Å². The Balaban J connectivity index is 1.33. The third-order valence-electron chi connectivity index (χ3n) is 5.87. The van der Waals surface area contributed by atoms with E-state index in [1.807, 2.05) is 42.5 Å². The number of hydrogen-bond acceptors (Lipinski definition) is 8. The molecular weight excluding hydrogens is 534 g/mol. The summed E-state index contributed by atoms with van der Waals surface area (Å²) in [5.41, 5.74) is 2.66. The van der Waals surface area contributed by atoms with Gasteiger partial charge in [-0.2, -0.15) is 0 Å². The molecule has 1 fully saturated rings. The molecule has 3 aromatic carbocycles. The van der Waals surface area contributed by atoms with E-state index in [0.717, 1.165) is 22.4 Å². The molecule has 0 N–H and O–H groups in total. The van der Waals surface area contributed by atoms with Crippen molar-refractivity contribution in [2.45, 2.75) is 6.42 Å². The van der Waals surface area contributed by atoms with Crippen LogP contribution in [0.2, 0.25) is 0 Å². The first-order valence-corrected chi connectivity index (χ1v) is 13.2. The van der Waals surface area contributed by atoms with Gasteiger partial charge >= 0.3 is 5.97 Å². The second-order valence-electron chi connectivity index (χ2n) is 8.37. The lowest BCUT2D eigenvalue weighted by Crippen LogP contribution is -2.30. The Morgan fingerprint density at radius 1 is 0.872 bits per heavy atom. The molecule has 4 rings (SSSR count). The zero-order chi connectivity index (χ0) is 27.8. The summed E-state index contributed by atoms with van der Waals surface area (Å²) in [4.78, 5) is 27.4. The smallest absolute Gasteiger partial charge is 0.336 e. The van der Waals surface area contributed by atoms with Crippen molar-refractivity contribution in [3.05, 3.63) is 94.4 Å². The van der Waals surface area contributed by atoms with Crippen LogP contribution < -0.4 is 18.9 Å². The van der Waals surface area contributed by atoms with Crippen molar-refractivity contribution in [2.24, 2.45) is 0 Å². The Morgan fingerprint density at radius 3 is 2.21 bits per heavy atom. The first kappa shape index (κ1) is 27.9. The van der Waals surface area contributed by atoms with Crippen LogP contribution in [-0.4, -0.2) is 49.0 Å². The van der Waals surface area contributed by atoms with Gasteiger partial charge in [0.2, 0.25) is 0 Å². The van der Waals surface area contributed by atoms with Gasteiger partial charge in [-0.1, -0.05) is 54.3 Å². The van der Waals surface area contributed by atoms with Gasteiger partial charge < -0.3 is 18.9 Å². The highest BCUT2D eigenvalue weighted by Crippen LogP contribution is 2.33. The normalized spacial score (nSPS) is 14.2. The molecule has 1 aliphatic rings. The van der Waals surface area contributed by atoms with E-state index in [9.17, 15) is 9.59 Å². The number of ether oxygens (including phenoxy) is 4. The van der Waals surface area contributed by atoms with Crippen molar-refractivity contribution in [2.75, 3.05) is 27.9 Å². The van der Waals surface area contributed by atoms with Gasteiger partial charge in [0.1, 0.15) is 15.8 Å². The molecular formula is C30H27NO6S2. The van der Waals surface area contributed by atoms with Gasteiger partial charge in [-0.25, -0.2) is 4.79 Å². The van der Waals surface area contributed by atoms with E-state index < -0.39 is 5.97 Å². The highest BCUT2D eigenvalue weighted by Gasteiger charge is 2.31. The monoisotopic (exact) mass is 561 g/mol. The molecule has 1 heterocycles. The van der Waals surface area contributed by atoms with Gasteiger partial charge in [-0.05, 0) is 71.7 Å². The quantitative estimate of drug-likeness (QED) is 0.134. The van der Waals surface area contributed by atoms with Gasteiger partial charge in [0.15, 0.2) is 11.5 Å². The molecule has 0 spiro atoms. The molecule has 9 heteroatoms. The number of rotatable bonds is 10. The highest BCUT2D eigenvalue weighted by molar-refractivity contribution is 8.26. The highest BCUT2D eigenvalue weighted by atomic mass is 32.2. The van der Waals surface area contributed by atoms with Crippen LogP contribution in [0.3, 0.4) is 0 Å². The molecule has 0 bridgehead atoms. The summed E-state index contributed by atoms with van der Waals surface area (Å²) in [6, 6.07) is 19.9. The largest absolute Gasteiger partial charge is 0.497 e. The number of benzene rings is 3. The van der Waals surface area contributed by atoms with Crippen molar-refractivity contribution < 1.29 is 28.5 Å². The number of nitrogens with zero attached hydrogens (tertiary/aromatic N) is 1. The van der Waals surface area contributed by atoms with Crippen LogP contribution in [0.15, 0.2) is 77.7 Å². The van der Waals surface area contributed by atoms with Crippen molar-refractivity contribution >= 4 is 52.3 Å². The fourth-order valence-corrected chi connectivity index (χ4v) is 5.09. The lowest BCUT2D eigenvalue weighted by Gasteiger charge is -2.15. The minimum Gasteiger partial charge on any atom is -0.497 e. The minimum absolute atomic E-state index is 0.135. The van der Waals surface area contributed by atoms with Crippen LogP contribution in [0.5, 0.6) is 23.0 Å². The van der Waals surface area contributed by atoms with E-state index >= 15 is 0 Å². The standard InChI is InChI=1S/C30H27NO6S2/c1-34-23-10-4-20(5-11-23)9-15-28(32)37-24-12-6-21(7-13-24)19-27-29(33)31(30(38)39-27)17-16-22-8-14-25(35-2)26(18-22)36-3/h4-15,18-19H,16-17H2,1-3H3/b15-9+,27-19-. The molecule has 1 aliphatic heterocycles. The first-order chi connectivity index (χ1) is 18.9. The molecule has 1 amide bonds. The summed E-state index contributed by atoms with van der Waals surface area (Å²) in [5, 5.41) is 0. The zero-order valence-electron chi connectivity index (χ0n) is 21.7. The summed E-state index contributed by atoms with van der Waals surface area (Å²) in [6.45, 7) is 0.455. The predicted octanol–water partition coefficient (Wildman–Crippen LogP) is 5.78. The Hall–Kier alpha value is -4.08. The van der Waals surface area contributed by atoms with E-state index in [0.29, 0.717) is 39.4 Å². The number of thioether (sulfide) groups is 1. The van der Waals surface area contributed by atoms with E-state index in [2.05, 4.69) is 0 Å². The summed E-state index contributed by atoms with van der Waals surface area (Å²) in [5.74, 6) is 1.81. The van der Waals surface area contributed by atoms with Gasteiger partial charge in [-0.15, -0.1) is 0 Å². The summed E-state index contributed by atoms with van der Waals surface area (Å²) in [6.07, 6.45) is 5.43. The third-order valence-corrected chi connectivity index (χ3v) is 7.25. The predicted molar refractivity (Wildman–Crippen MR) is 157 cm³/mol. The van der Waals surface area contributed by atoms with Crippen LogP contribution in [0.4, 0.5) is 0 Å². The van der Waals surface area contributed by atoms with Crippen molar-refractivity contribution in [1.29, 1.82) is 0 Å². The van der Waals surface area contributed by atoms with E-state index in [4.69, 9.17) is 31.2 Å². The van der Waals surface area contributed by atoms with Crippen LogP contribution in [-0.2, 0) is 16.0 Å². The molecule has 200 valence electrons. The molecule has 1 saturated heterocycles. The van der Waals surface area contributed by atoms with Gasteiger partial charge in [0.25, 0.3) is 5.91 Å².